The van der Waals surface area contributed by atoms with E-state index in [4.69, 9.17) is 10.3 Å². The highest BCUT2D eigenvalue weighted by molar-refractivity contribution is 5.58. The van der Waals surface area contributed by atoms with Gasteiger partial charge in [-0.25, -0.2) is 4.52 Å². The number of hydrogen-bond acceptors (Lipinski definition) is 6. The Labute approximate surface area is 135 Å². The molecule has 1 atom stereocenters. The first kappa shape index (κ1) is 14.3. The van der Waals surface area contributed by atoms with Gasteiger partial charge in [-0.05, 0) is 12.5 Å². The second-order valence-electron chi connectivity index (χ2n) is 5.47. The molecule has 24 heavy (non-hydrogen) atoms. The molecule has 0 aliphatic rings. The number of aromatic nitrogens is 5. The molecule has 1 unspecified atom stereocenters. The molecule has 0 bridgehead atoms. The van der Waals surface area contributed by atoms with Crippen LogP contribution in [0, 0.1) is 6.92 Å². The van der Waals surface area contributed by atoms with Crippen LogP contribution in [0.15, 0.2) is 51.9 Å². The van der Waals surface area contributed by atoms with E-state index in [0.29, 0.717) is 22.7 Å². The van der Waals surface area contributed by atoms with E-state index in [1.165, 1.54) is 4.52 Å². The quantitative estimate of drug-likeness (QED) is 0.589. The van der Waals surface area contributed by atoms with Crippen LogP contribution >= 0.6 is 0 Å². The van der Waals surface area contributed by atoms with Crippen molar-refractivity contribution in [1.29, 1.82) is 0 Å². The topological polar surface area (TPSA) is 115 Å². The lowest BCUT2D eigenvalue weighted by Crippen LogP contribution is -2.13. The number of H-pyrrole nitrogens is 1. The Morgan fingerprint density at radius 1 is 1.29 bits per heavy atom. The van der Waals surface area contributed by atoms with E-state index < -0.39 is 6.04 Å². The zero-order chi connectivity index (χ0) is 16.7. The molecular weight excluding hydrogens is 308 g/mol. The number of benzene rings is 1. The summed E-state index contributed by atoms with van der Waals surface area (Å²) in [4.78, 5) is 19.0. The number of nitrogens with one attached hydrogen (secondary N) is 1. The van der Waals surface area contributed by atoms with Crippen molar-refractivity contribution in [2.45, 2.75) is 13.0 Å². The maximum Gasteiger partial charge on any atom is 0.278 e. The van der Waals surface area contributed by atoms with Crippen LogP contribution in [0.1, 0.15) is 23.1 Å². The molecule has 8 heteroatoms. The van der Waals surface area contributed by atoms with E-state index in [2.05, 4.69) is 20.2 Å². The lowest BCUT2D eigenvalue weighted by Gasteiger charge is -2.05. The highest BCUT2D eigenvalue weighted by Gasteiger charge is 2.19. The van der Waals surface area contributed by atoms with Crippen molar-refractivity contribution >= 4 is 5.52 Å². The van der Waals surface area contributed by atoms with Gasteiger partial charge in [-0.3, -0.25) is 4.79 Å². The van der Waals surface area contributed by atoms with Crippen LogP contribution in [0.25, 0.3) is 17.1 Å². The fraction of sp³-hybridized carbons (Fsp3) is 0.125. The van der Waals surface area contributed by atoms with Gasteiger partial charge in [-0.2, -0.15) is 10.1 Å². The van der Waals surface area contributed by atoms with Gasteiger partial charge in [0.25, 0.3) is 11.4 Å². The Morgan fingerprint density at radius 3 is 2.88 bits per heavy atom. The summed E-state index contributed by atoms with van der Waals surface area (Å²) in [7, 11) is 0. The van der Waals surface area contributed by atoms with Gasteiger partial charge in [0.05, 0.1) is 6.04 Å². The molecule has 0 fully saturated rings. The first-order valence-electron chi connectivity index (χ1n) is 7.35. The number of aromatic amines is 1. The Morgan fingerprint density at radius 2 is 2.08 bits per heavy atom. The predicted octanol–water partition coefficient (Wildman–Crippen LogP) is 1.43. The Balaban J connectivity index is 1.73. The van der Waals surface area contributed by atoms with Gasteiger partial charge >= 0.3 is 0 Å². The van der Waals surface area contributed by atoms with Crippen LogP contribution in [0.3, 0.4) is 0 Å². The molecule has 0 saturated heterocycles. The minimum Gasteiger partial charge on any atom is -0.332 e. The van der Waals surface area contributed by atoms with E-state index in [1.54, 1.807) is 19.2 Å². The van der Waals surface area contributed by atoms with Crippen LogP contribution in [-0.4, -0.2) is 24.7 Å². The van der Waals surface area contributed by atoms with Crippen molar-refractivity contribution in [1.82, 2.24) is 24.7 Å². The lowest BCUT2D eigenvalue weighted by molar-refractivity contribution is 0.418. The third-order valence-electron chi connectivity index (χ3n) is 3.69. The summed E-state index contributed by atoms with van der Waals surface area (Å²) in [6.07, 6.45) is 1.72. The Hall–Kier alpha value is -3.26. The summed E-state index contributed by atoms with van der Waals surface area (Å²) in [6.45, 7) is 1.78. The molecule has 0 aliphatic heterocycles. The van der Waals surface area contributed by atoms with E-state index in [9.17, 15) is 4.79 Å². The van der Waals surface area contributed by atoms with Crippen LogP contribution in [0.4, 0.5) is 0 Å². The molecule has 3 N–H and O–H groups in total. The summed E-state index contributed by atoms with van der Waals surface area (Å²) < 4.78 is 6.75. The fourth-order valence-electron chi connectivity index (χ4n) is 2.50. The first-order chi connectivity index (χ1) is 11.6. The zero-order valence-corrected chi connectivity index (χ0v) is 12.8. The van der Waals surface area contributed by atoms with E-state index in [1.807, 2.05) is 30.3 Å². The summed E-state index contributed by atoms with van der Waals surface area (Å²) in [5.41, 5.74) is 8.35. The number of nitrogens with two attached hydrogens (primary N) is 1. The first-order valence-corrected chi connectivity index (χ1v) is 7.35. The molecule has 4 rings (SSSR count). The maximum absolute atomic E-state index is 11.9. The highest BCUT2D eigenvalue weighted by Crippen LogP contribution is 2.21. The van der Waals surface area contributed by atoms with Crippen LogP contribution in [-0.2, 0) is 0 Å². The minimum atomic E-state index is -0.494. The van der Waals surface area contributed by atoms with Gasteiger partial charge in [0.15, 0.2) is 11.5 Å². The van der Waals surface area contributed by atoms with Crippen molar-refractivity contribution in [3.63, 3.8) is 0 Å². The molecular formula is C16H14N6O2. The highest BCUT2D eigenvalue weighted by atomic mass is 16.5. The summed E-state index contributed by atoms with van der Waals surface area (Å²) in [6, 6.07) is 10.6. The number of rotatable bonds is 3. The third kappa shape index (κ3) is 2.38. The lowest BCUT2D eigenvalue weighted by atomic mass is 10.1. The second-order valence-corrected chi connectivity index (χ2v) is 5.47. The van der Waals surface area contributed by atoms with Gasteiger partial charge in [-0.1, -0.05) is 35.5 Å². The number of nitrogens with zero attached hydrogens (tertiary/aromatic N) is 4. The van der Waals surface area contributed by atoms with Crippen molar-refractivity contribution < 1.29 is 4.52 Å². The largest absolute Gasteiger partial charge is 0.332 e. The molecule has 0 amide bonds. The SMILES string of the molecule is Cc1cn2nc(-c3nc(C(N)c4ccccc4)no3)cc2c(=O)[nH]1. The summed E-state index contributed by atoms with van der Waals surface area (Å²) in [5, 5.41) is 8.24. The van der Waals surface area contributed by atoms with Gasteiger partial charge in [0.1, 0.15) is 5.52 Å². The Bertz CT molecular complexity index is 1060. The van der Waals surface area contributed by atoms with Crippen LogP contribution in [0.2, 0.25) is 0 Å². The van der Waals surface area contributed by atoms with Crippen molar-refractivity contribution in [2.75, 3.05) is 0 Å². The smallest absolute Gasteiger partial charge is 0.278 e. The average molecular weight is 322 g/mol. The van der Waals surface area contributed by atoms with Gasteiger partial charge in [0, 0.05) is 18.0 Å². The molecule has 120 valence electrons. The van der Waals surface area contributed by atoms with Gasteiger partial charge in [-0.15, -0.1) is 0 Å². The monoisotopic (exact) mass is 322 g/mol. The molecule has 3 aromatic heterocycles. The molecule has 0 aliphatic carbocycles. The molecule has 4 aromatic rings. The van der Waals surface area contributed by atoms with Crippen LogP contribution < -0.4 is 11.3 Å². The zero-order valence-electron chi connectivity index (χ0n) is 12.8. The molecule has 1 aromatic carbocycles. The predicted molar refractivity (Wildman–Crippen MR) is 86.3 cm³/mol. The van der Waals surface area contributed by atoms with E-state index in [0.717, 1.165) is 5.56 Å². The fourth-order valence-corrected chi connectivity index (χ4v) is 2.50. The molecule has 8 nitrogen and oxygen atoms in total. The Kier molecular flexibility index (Phi) is 3.24. The summed E-state index contributed by atoms with van der Waals surface area (Å²) in [5.74, 6) is 0.579. The molecule has 0 radical (unpaired) electrons. The molecule has 3 heterocycles. The van der Waals surface area contributed by atoms with E-state index in [-0.39, 0.29) is 11.4 Å². The van der Waals surface area contributed by atoms with E-state index >= 15 is 0 Å². The van der Waals surface area contributed by atoms with Crippen molar-refractivity contribution in [2.24, 2.45) is 5.73 Å². The normalized spacial score (nSPS) is 12.6. The average Bonchev–Trinajstić information content (AvgIpc) is 3.21. The minimum absolute atomic E-state index is 0.220. The third-order valence-corrected chi connectivity index (χ3v) is 3.69. The number of aryl methyl sites for hydroxylation is 1. The van der Waals surface area contributed by atoms with Crippen molar-refractivity contribution in [3.8, 4) is 11.6 Å². The maximum atomic E-state index is 11.9. The summed E-state index contributed by atoms with van der Waals surface area (Å²) >= 11 is 0. The van der Waals surface area contributed by atoms with Crippen LogP contribution in [0.5, 0.6) is 0 Å². The number of hydrogen-bond donors (Lipinski definition) is 2. The van der Waals surface area contributed by atoms with Crippen molar-refractivity contribution in [3.05, 3.63) is 70.0 Å². The van der Waals surface area contributed by atoms with Gasteiger partial charge < -0.3 is 15.2 Å². The van der Waals surface area contributed by atoms with Gasteiger partial charge in [0.2, 0.25) is 0 Å². The second kappa shape index (κ2) is 5.43. The molecule has 0 saturated carbocycles. The number of fused-ring (bicyclic) bond motifs is 1. The molecule has 0 spiro atoms. The standard InChI is InChI=1S/C16H14N6O2/c1-9-8-22-12(15(23)18-9)7-11(20-22)16-19-14(21-24-16)13(17)10-5-3-2-4-6-10/h2-8,13H,17H2,1H3,(H,18,23).